The van der Waals surface area contributed by atoms with Crippen LogP contribution in [-0.4, -0.2) is 14.0 Å². The lowest BCUT2D eigenvalue weighted by Crippen LogP contribution is -2.36. The Morgan fingerprint density at radius 3 is 2.45 bits per heavy atom. The number of carbonyl (C=O) groups is 1. The number of hydrogen-bond donors (Lipinski definition) is 0. The predicted molar refractivity (Wildman–Crippen MR) is 123 cm³/mol. The predicted octanol–water partition coefficient (Wildman–Crippen LogP) is 6.57. The Labute approximate surface area is 177 Å². The van der Waals surface area contributed by atoms with E-state index in [1.165, 1.54) is 18.9 Å². The number of benzene rings is 1. The lowest BCUT2D eigenvalue weighted by molar-refractivity contribution is -0.147. The molecule has 158 valence electrons. The molecule has 4 heteroatoms. The Kier molecular flexibility index (Phi) is 9.45. The molecule has 0 aliphatic carbocycles. The van der Waals surface area contributed by atoms with E-state index < -0.39 is 8.07 Å². The van der Waals surface area contributed by atoms with Gasteiger partial charge in [-0.2, -0.15) is 0 Å². The maximum Gasteiger partial charge on any atom is 0.303 e. The summed E-state index contributed by atoms with van der Waals surface area (Å²) >= 11 is 0. The molecule has 1 atom stereocenters. The fourth-order valence-electron chi connectivity index (χ4n) is 3.31. The first kappa shape index (κ1) is 23.2. The van der Waals surface area contributed by atoms with Crippen LogP contribution in [0.5, 0.6) is 0 Å². The molecular formula is C25H36O3Si. The van der Waals surface area contributed by atoms with Crippen molar-refractivity contribution in [2.24, 2.45) is 0 Å². The van der Waals surface area contributed by atoms with Crippen molar-refractivity contribution in [2.75, 3.05) is 0 Å². The van der Waals surface area contributed by atoms with E-state index in [1.54, 1.807) is 6.26 Å². The first-order chi connectivity index (χ1) is 13.9. The summed E-state index contributed by atoms with van der Waals surface area (Å²) in [6.45, 7) is 8.24. The second-order valence-corrected chi connectivity index (χ2v) is 13.7. The van der Waals surface area contributed by atoms with Crippen LogP contribution in [0.25, 0.3) is 0 Å². The number of ether oxygens (including phenoxy) is 1. The number of rotatable bonds is 12. The topological polar surface area (TPSA) is 39.4 Å². The van der Waals surface area contributed by atoms with Crippen molar-refractivity contribution < 1.29 is 13.9 Å². The number of aryl methyl sites for hydroxylation is 1. The van der Waals surface area contributed by atoms with E-state index in [1.807, 2.05) is 0 Å². The molecule has 0 aliphatic rings. The van der Waals surface area contributed by atoms with Crippen molar-refractivity contribution >= 4 is 19.4 Å². The van der Waals surface area contributed by atoms with Gasteiger partial charge >= 0.3 is 5.97 Å². The SMILES string of the molecule is CC(=O)OC(CCCCCC=CCCc1ccccc1)c1coc([Si](C)(C)C)c1. The average molecular weight is 413 g/mol. The van der Waals surface area contributed by atoms with Gasteiger partial charge in [0, 0.05) is 12.5 Å². The van der Waals surface area contributed by atoms with Crippen LogP contribution in [0, 0.1) is 0 Å². The Bertz CT molecular complexity index is 756. The molecule has 3 nitrogen and oxygen atoms in total. The van der Waals surface area contributed by atoms with Crippen molar-refractivity contribution in [3.8, 4) is 0 Å². The third-order valence-electron chi connectivity index (χ3n) is 4.99. The van der Waals surface area contributed by atoms with E-state index in [0.717, 1.165) is 49.5 Å². The van der Waals surface area contributed by atoms with E-state index in [9.17, 15) is 4.79 Å². The number of hydrogen-bond acceptors (Lipinski definition) is 3. The summed E-state index contributed by atoms with van der Waals surface area (Å²) in [6, 6.07) is 12.7. The normalized spacial score (nSPS) is 13.0. The minimum absolute atomic E-state index is 0.192. The number of furan rings is 1. The summed E-state index contributed by atoms with van der Waals surface area (Å²) in [6.07, 6.45) is 13.7. The molecule has 0 spiro atoms. The monoisotopic (exact) mass is 412 g/mol. The molecule has 1 aromatic heterocycles. The van der Waals surface area contributed by atoms with E-state index in [-0.39, 0.29) is 12.1 Å². The van der Waals surface area contributed by atoms with Crippen LogP contribution in [-0.2, 0) is 16.0 Å². The Balaban J connectivity index is 1.68. The standard InChI is InChI=1S/C25H36O3Si/c1-21(26)28-24(23-19-25(27-20-23)29(2,3)4)18-14-9-7-5-6-8-11-15-22-16-12-10-13-17-22/h6,8,10,12-13,16-17,19-20,24H,5,7,9,11,14-15,18H2,1-4H3. The van der Waals surface area contributed by atoms with Crippen molar-refractivity contribution in [1.29, 1.82) is 0 Å². The first-order valence-electron chi connectivity index (χ1n) is 10.8. The molecular weight excluding hydrogens is 376 g/mol. The highest BCUT2D eigenvalue weighted by molar-refractivity contribution is 6.87. The zero-order valence-corrected chi connectivity index (χ0v) is 19.4. The summed E-state index contributed by atoms with van der Waals surface area (Å²) in [5.41, 5.74) is 2.39. The third kappa shape index (κ3) is 8.86. The quantitative estimate of drug-likeness (QED) is 0.171. The van der Waals surface area contributed by atoms with Crippen molar-refractivity contribution in [2.45, 2.75) is 77.6 Å². The molecule has 2 aromatic rings. The minimum Gasteiger partial charge on any atom is -0.474 e. The highest BCUT2D eigenvalue weighted by Gasteiger charge is 2.24. The van der Waals surface area contributed by atoms with Gasteiger partial charge in [0.05, 0.1) is 11.6 Å². The van der Waals surface area contributed by atoms with Crippen LogP contribution in [0.2, 0.25) is 19.6 Å². The minimum atomic E-state index is -1.49. The molecule has 1 heterocycles. The van der Waals surface area contributed by atoms with E-state index >= 15 is 0 Å². The van der Waals surface area contributed by atoms with Crippen LogP contribution in [0.3, 0.4) is 0 Å². The molecule has 0 fully saturated rings. The van der Waals surface area contributed by atoms with Gasteiger partial charge in [-0.05, 0) is 50.2 Å². The third-order valence-corrected chi connectivity index (χ3v) is 6.73. The smallest absolute Gasteiger partial charge is 0.303 e. The maximum atomic E-state index is 11.5. The first-order valence-corrected chi connectivity index (χ1v) is 14.3. The van der Waals surface area contributed by atoms with E-state index in [0.29, 0.717) is 0 Å². The summed E-state index contributed by atoms with van der Waals surface area (Å²) < 4.78 is 11.3. The summed E-state index contributed by atoms with van der Waals surface area (Å²) in [7, 11) is -1.49. The lowest BCUT2D eigenvalue weighted by atomic mass is 10.0. The summed E-state index contributed by atoms with van der Waals surface area (Å²) in [4.78, 5) is 11.5. The second kappa shape index (κ2) is 11.8. The number of allylic oxidation sites excluding steroid dienone is 2. The second-order valence-electron chi connectivity index (χ2n) is 8.73. The van der Waals surface area contributed by atoms with Gasteiger partial charge in [0.1, 0.15) is 14.2 Å². The Morgan fingerprint density at radius 1 is 1.07 bits per heavy atom. The van der Waals surface area contributed by atoms with Gasteiger partial charge in [-0.3, -0.25) is 4.79 Å². The van der Waals surface area contributed by atoms with Crippen molar-refractivity contribution in [1.82, 2.24) is 0 Å². The Morgan fingerprint density at radius 2 is 1.79 bits per heavy atom. The van der Waals surface area contributed by atoms with Gasteiger partial charge in [-0.1, -0.05) is 68.5 Å². The van der Waals surface area contributed by atoms with Crippen molar-refractivity contribution in [3.63, 3.8) is 0 Å². The van der Waals surface area contributed by atoms with Crippen LogP contribution < -0.4 is 5.38 Å². The molecule has 29 heavy (non-hydrogen) atoms. The molecule has 0 amide bonds. The van der Waals surface area contributed by atoms with Crippen LogP contribution in [0.15, 0.2) is 59.2 Å². The summed E-state index contributed by atoms with van der Waals surface area (Å²) in [5, 5.41) is 1.06. The Hall–Kier alpha value is -2.07. The number of carbonyl (C=O) groups excluding carboxylic acids is 1. The molecule has 1 unspecified atom stereocenters. The molecule has 0 saturated carbocycles. The van der Waals surface area contributed by atoms with Gasteiger partial charge in [-0.25, -0.2) is 0 Å². The van der Waals surface area contributed by atoms with Crippen LogP contribution in [0.1, 0.15) is 62.7 Å². The van der Waals surface area contributed by atoms with E-state index in [4.69, 9.17) is 9.15 Å². The summed E-state index contributed by atoms with van der Waals surface area (Å²) in [5.74, 6) is -0.230. The maximum absolute atomic E-state index is 11.5. The highest BCUT2D eigenvalue weighted by atomic mass is 28.3. The molecule has 2 rings (SSSR count). The van der Waals surface area contributed by atoms with E-state index in [2.05, 4.69) is 68.2 Å². The molecule has 0 radical (unpaired) electrons. The fraction of sp³-hybridized carbons (Fsp3) is 0.480. The molecule has 1 aromatic carbocycles. The van der Waals surface area contributed by atoms with Gasteiger partial charge in [0.15, 0.2) is 0 Å². The van der Waals surface area contributed by atoms with Gasteiger partial charge in [-0.15, -0.1) is 0 Å². The zero-order chi connectivity index (χ0) is 21.1. The number of esters is 1. The number of unbranched alkanes of at least 4 members (excludes halogenated alkanes) is 3. The zero-order valence-electron chi connectivity index (χ0n) is 18.4. The molecule has 0 N–H and O–H groups in total. The average Bonchev–Trinajstić information content (AvgIpc) is 3.17. The van der Waals surface area contributed by atoms with Gasteiger partial charge < -0.3 is 9.15 Å². The molecule has 0 bridgehead atoms. The van der Waals surface area contributed by atoms with Crippen LogP contribution >= 0.6 is 0 Å². The van der Waals surface area contributed by atoms with Gasteiger partial charge in [0.2, 0.25) is 0 Å². The van der Waals surface area contributed by atoms with Crippen LogP contribution in [0.4, 0.5) is 0 Å². The highest BCUT2D eigenvalue weighted by Crippen LogP contribution is 2.25. The molecule has 0 aliphatic heterocycles. The van der Waals surface area contributed by atoms with Crippen molar-refractivity contribution in [3.05, 3.63) is 65.9 Å². The fourth-order valence-corrected chi connectivity index (χ4v) is 4.32. The lowest BCUT2D eigenvalue weighted by Gasteiger charge is -2.15. The molecule has 0 saturated heterocycles. The van der Waals surface area contributed by atoms with Gasteiger partial charge in [0.25, 0.3) is 0 Å². The largest absolute Gasteiger partial charge is 0.474 e.